The first-order valence-corrected chi connectivity index (χ1v) is 6.59. The van der Waals surface area contributed by atoms with E-state index in [1.807, 2.05) is 27.7 Å². The van der Waals surface area contributed by atoms with Gasteiger partial charge in [0.2, 0.25) is 0 Å². The van der Waals surface area contributed by atoms with Crippen molar-refractivity contribution in [3.63, 3.8) is 0 Å². The molecule has 2 amide bonds. The number of rotatable bonds is 8. The van der Waals surface area contributed by atoms with Crippen LogP contribution in [0.25, 0.3) is 0 Å². The molecule has 0 saturated heterocycles. The number of amides is 2. The molecule has 0 aromatic heterocycles. The van der Waals surface area contributed by atoms with Gasteiger partial charge in [0, 0.05) is 20.1 Å². The number of nitrogens with zero attached hydrogens (tertiary/aromatic N) is 1. The molecule has 0 saturated carbocycles. The number of carboxylic acids is 1. The van der Waals surface area contributed by atoms with Crippen LogP contribution in [-0.2, 0) is 9.53 Å². The summed E-state index contributed by atoms with van der Waals surface area (Å²) < 4.78 is 5.35. The number of likely N-dealkylation sites (N-methyl/N-ethyl adjacent to an activating group) is 1. The van der Waals surface area contributed by atoms with Crippen molar-refractivity contribution in [2.45, 2.75) is 33.8 Å². The van der Waals surface area contributed by atoms with Crippen molar-refractivity contribution in [2.24, 2.45) is 11.8 Å². The summed E-state index contributed by atoms with van der Waals surface area (Å²) in [4.78, 5) is 24.2. The summed E-state index contributed by atoms with van der Waals surface area (Å²) in [6.45, 7) is 8.59. The Hall–Kier alpha value is -1.30. The maximum Gasteiger partial charge on any atom is 0.317 e. The Morgan fingerprint density at radius 1 is 1.26 bits per heavy atom. The van der Waals surface area contributed by atoms with Crippen LogP contribution in [0.15, 0.2) is 0 Å². The Morgan fingerprint density at radius 2 is 1.84 bits per heavy atom. The molecule has 1 atom stereocenters. The molecule has 0 aliphatic heterocycles. The van der Waals surface area contributed by atoms with Gasteiger partial charge in [0.15, 0.2) is 0 Å². The molecule has 0 aromatic carbocycles. The number of nitrogens with one attached hydrogen (secondary N) is 1. The highest BCUT2D eigenvalue weighted by atomic mass is 16.5. The second kappa shape index (κ2) is 8.74. The lowest BCUT2D eigenvalue weighted by Crippen LogP contribution is -2.43. The van der Waals surface area contributed by atoms with Gasteiger partial charge in [-0.15, -0.1) is 0 Å². The van der Waals surface area contributed by atoms with E-state index in [1.165, 1.54) is 4.90 Å². The van der Waals surface area contributed by atoms with Crippen LogP contribution in [0.1, 0.15) is 27.7 Å². The monoisotopic (exact) mass is 274 g/mol. The molecule has 0 aliphatic rings. The second-order valence-electron chi connectivity index (χ2n) is 5.22. The van der Waals surface area contributed by atoms with Crippen molar-refractivity contribution in [2.75, 3.05) is 26.7 Å². The maximum atomic E-state index is 11.7. The minimum absolute atomic E-state index is 0.0209. The Labute approximate surface area is 115 Å². The molecular formula is C13H26N2O4. The van der Waals surface area contributed by atoms with Crippen LogP contribution in [-0.4, -0.2) is 54.9 Å². The Balaban J connectivity index is 4.04. The predicted octanol–water partition coefficient (Wildman–Crippen LogP) is 1.41. The smallest absolute Gasteiger partial charge is 0.317 e. The normalized spacial score (nSPS) is 12.6. The summed E-state index contributed by atoms with van der Waals surface area (Å²) in [6.07, 6.45) is 0.133. The fourth-order valence-corrected chi connectivity index (χ4v) is 1.47. The van der Waals surface area contributed by atoms with E-state index >= 15 is 0 Å². The summed E-state index contributed by atoms with van der Waals surface area (Å²) in [6, 6.07) is -0.278. The number of ether oxygens (including phenoxy) is 1. The standard InChI is InChI=1S/C13H26N2O4/c1-9(2)11(12(16)17)8-14-13(18)15(5)6-7-19-10(3)4/h9-11H,6-8H2,1-5H3,(H,14,18)(H,16,17). The van der Waals surface area contributed by atoms with Crippen molar-refractivity contribution >= 4 is 12.0 Å². The summed E-state index contributed by atoms with van der Waals surface area (Å²) in [5.41, 5.74) is 0. The molecular weight excluding hydrogens is 248 g/mol. The van der Waals surface area contributed by atoms with E-state index in [2.05, 4.69) is 5.32 Å². The van der Waals surface area contributed by atoms with Crippen LogP contribution in [0.2, 0.25) is 0 Å². The molecule has 2 N–H and O–H groups in total. The highest BCUT2D eigenvalue weighted by molar-refractivity contribution is 5.75. The van der Waals surface area contributed by atoms with E-state index in [0.717, 1.165) is 0 Å². The molecule has 0 aliphatic carbocycles. The van der Waals surface area contributed by atoms with Gasteiger partial charge in [0.25, 0.3) is 0 Å². The zero-order valence-electron chi connectivity index (χ0n) is 12.5. The maximum absolute atomic E-state index is 11.7. The fourth-order valence-electron chi connectivity index (χ4n) is 1.47. The Morgan fingerprint density at radius 3 is 2.26 bits per heavy atom. The van der Waals surface area contributed by atoms with Crippen LogP contribution in [0.4, 0.5) is 4.79 Å². The quantitative estimate of drug-likeness (QED) is 0.701. The average molecular weight is 274 g/mol. The van der Waals surface area contributed by atoms with Crippen molar-refractivity contribution < 1.29 is 19.4 Å². The lowest BCUT2D eigenvalue weighted by molar-refractivity contribution is -0.142. The first-order valence-electron chi connectivity index (χ1n) is 6.59. The van der Waals surface area contributed by atoms with Gasteiger partial charge in [-0.2, -0.15) is 0 Å². The van der Waals surface area contributed by atoms with E-state index in [4.69, 9.17) is 9.84 Å². The molecule has 112 valence electrons. The lowest BCUT2D eigenvalue weighted by Gasteiger charge is -2.21. The van der Waals surface area contributed by atoms with E-state index in [9.17, 15) is 9.59 Å². The molecule has 6 nitrogen and oxygen atoms in total. The first kappa shape index (κ1) is 17.7. The minimum atomic E-state index is -0.888. The van der Waals surface area contributed by atoms with Crippen molar-refractivity contribution in [3.8, 4) is 0 Å². The lowest BCUT2D eigenvalue weighted by atomic mass is 9.96. The van der Waals surface area contributed by atoms with Crippen molar-refractivity contribution in [1.82, 2.24) is 10.2 Å². The van der Waals surface area contributed by atoms with Crippen molar-refractivity contribution in [3.05, 3.63) is 0 Å². The molecule has 0 heterocycles. The topological polar surface area (TPSA) is 78.9 Å². The number of carbonyl (C=O) groups excluding carboxylic acids is 1. The van der Waals surface area contributed by atoms with Crippen LogP contribution >= 0.6 is 0 Å². The van der Waals surface area contributed by atoms with Gasteiger partial charge in [-0.05, 0) is 19.8 Å². The molecule has 0 fully saturated rings. The summed E-state index contributed by atoms with van der Waals surface area (Å²) in [5.74, 6) is -1.47. The zero-order chi connectivity index (χ0) is 15.0. The number of hydrogen-bond donors (Lipinski definition) is 2. The zero-order valence-corrected chi connectivity index (χ0v) is 12.5. The number of urea groups is 1. The Bertz CT molecular complexity index is 292. The number of carboxylic acid groups (broad SMARTS) is 1. The summed E-state index contributed by atoms with van der Waals surface area (Å²) in [5, 5.41) is 11.6. The van der Waals surface area contributed by atoms with E-state index in [1.54, 1.807) is 7.05 Å². The molecule has 0 bridgehead atoms. The molecule has 0 radical (unpaired) electrons. The van der Waals surface area contributed by atoms with E-state index in [-0.39, 0.29) is 24.6 Å². The number of carbonyl (C=O) groups is 2. The molecule has 0 rings (SSSR count). The molecule has 6 heteroatoms. The average Bonchev–Trinajstić information content (AvgIpc) is 2.27. The number of aliphatic carboxylic acids is 1. The van der Waals surface area contributed by atoms with Crippen LogP contribution in [0.5, 0.6) is 0 Å². The third kappa shape index (κ3) is 7.66. The summed E-state index contributed by atoms with van der Waals surface area (Å²) in [7, 11) is 1.66. The van der Waals surface area contributed by atoms with Crippen LogP contribution in [0, 0.1) is 11.8 Å². The van der Waals surface area contributed by atoms with Gasteiger partial charge >= 0.3 is 12.0 Å². The van der Waals surface area contributed by atoms with E-state index < -0.39 is 11.9 Å². The van der Waals surface area contributed by atoms with Gasteiger partial charge in [-0.1, -0.05) is 13.8 Å². The molecule has 19 heavy (non-hydrogen) atoms. The molecule has 0 aromatic rings. The Kier molecular flexibility index (Phi) is 8.14. The third-order valence-corrected chi connectivity index (χ3v) is 2.82. The highest BCUT2D eigenvalue weighted by Crippen LogP contribution is 2.09. The molecule has 0 spiro atoms. The van der Waals surface area contributed by atoms with Gasteiger partial charge in [0.1, 0.15) is 0 Å². The summed E-state index contributed by atoms with van der Waals surface area (Å²) >= 11 is 0. The van der Waals surface area contributed by atoms with Crippen LogP contribution < -0.4 is 5.32 Å². The van der Waals surface area contributed by atoms with Crippen molar-refractivity contribution in [1.29, 1.82) is 0 Å². The van der Waals surface area contributed by atoms with E-state index in [0.29, 0.717) is 13.2 Å². The first-order chi connectivity index (χ1) is 8.75. The SMILES string of the molecule is CC(C)OCCN(C)C(=O)NCC(C(=O)O)C(C)C. The second-order valence-corrected chi connectivity index (χ2v) is 5.22. The molecule has 1 unspecified atom stereocenters. The highest BCUT2D eigenvalue weighted by Gasteiger charge is 2.22. The van der Waals surface area contributed by atoms with Gasteiger partial charge in [0.05, 0.1) is 18.6 Å². The largest absolute Gasteiger partial charge is 0.481 e. The minimum Gasteiger partial charge on any atom is -0.481 e. The van der Waals surface area contributed by atoms with Crippen LogP contribution in [0.3, 0.4) is 0 Å². The third-order valence-electron chi connectivity index (χ3n) is 2.82. The number of hydrogen-bond acceptors (Lipinski definition) is 3. The van der Waals surface area contributed by atoms with Gasteiger partial charge in [-0.3, -0.25) is 4.79 Å². The van der Waals surface area contributed by atoms with Gasteiger partial charge in [-0.25, -0.2) is 4.79 Å². The van der Waals surface area contributed by atoms with Gasteiger partial charge < -0.3 is 20.1 Å². The fraction of sp³-hybridized carbons (Fsp3) is 0.846. The predicted molar refractivity (Wildman–Crippen MR) is 73.1 cm³/mol.